The second-order valence-corrected chi connectivity index (χ2v) is 7.41. The molecule has 2 heteroatoms. The van der Waals surface area contributed by atoms with E-state index in [1.165, 1.54) is 22.2 Å². The van der Waals surface area contributed by atoms with Gasteiger partial charge in [0, 0.05) is 11.6 Å². The standard InChI is InChI=1S/C28H23NO/c1-4-11-22(12-5-1)21-30-27-18-10-17-26-25(27)19-20-29(26)28(23-13-6-2-7-14-23)24-15-8-3-9-16-24/h1-20,28H,21H2. The first-order valence-corrected chi connectivity index (χ1v) is 10.3. The molecule has 146 valence electrons. The van der Waals surface area contributed by atoms with Crippen LogP contribution in [0, 0.1) is 0 Å². The molecular formula is C28H23NO. The van der Waals surface area contributed by atoms with Crippen LogP contribution in [0.5, 0.6) is 5.75 Å². The van der Waals surface area contributed by atoms with Crippen LogP contribution in [0.25, 0.3) is 10.9 Å². The van der Waals surface area contributed by atoms with Crippen molar-refractivity contribution in [1.29, 1.82) is 0 Å². The predicted octanol–water partition coefficient (Wildman–Crippen LogP) is 6.86. The highest BCUT2D eigenvalue weighted by molar-refractivity contribution is 5.87. The molecule has 0 bridgehead atoms. The van der Waals surface area contributed by atoms with Crippen molar-refractivity contribution < 1.29 is 4.74 Å². The second kappa shape index (κ2) is 8.30. The Bertz CT molecular complexity index is 1190. The molecule has 0 amide bonds. The lowest BCUT2D eigenvalue weighted by Crippen LogP contribution is -2.11. The monoisotopic (exact) mass is 389 g/mol. The number of fused-ring (bicyclic) bond motifs is 1. The number of nitrogens with zero attached hydrogens (tertiary/aromatic N) is 1. The fraction of sp³-hybridized carbons (Fsp3) is 0.0714. The first-order valence-electron chi connectivity index (χ1n) is 10.3. The lowest BCUT2D eigenvalue weighted by molar-refractivity contribution is 0.310. The summed E-state index contributed by atoms with van der Waals surface area (Å²) >= 11 is 0. The normalized spacial score (nSPS) is 11.1. The van der Waals surface area contributed by atoms with E-state index < -0.39 is 0 Å². The second-order valence-electron chi connectivity index (χ2n) is 7.41. The molecule has 0 radical (unpaired) electrons. The van der Waals surface area contributed by atoms with Gasteiger partial charge >= 0.3 is 0 Å². The smallest absolute Gasteiger partial charge is 0.129 e. The summed E-state index contributed by atoms with van der Waals surface area (Å²) in [5, 5.41) is 1.13. The Kier molecular flexibility index (Phi) is 5.05. The molecular weight excluding hydrogens is 366 g/mol. The molecule has 30 heavy (non-hydrogen) atoms. The zero-order valence-electron chi connectivity index (χ0n) is 16.7. The highest BCUT2D eigenvalue weighted by Crippen LogP contribution is 2.34. The quantitative estimate of drug-likeness (QED) is 0.309. The van der Waals surface area contributed by atoms with E-state index in [9.17, 15) is 0 Å². The van der Waals surface area contributed by atoms with Gasteiger partial charge in [-0.1, -0.05) is 97.1 Å². The summed E-state index contributed by atoms with van der Waals surface area (Å²) in [5.74, 6) is 0.912. The molecule has 0 aliphatic rings. The third-order valence-electron chi connectivity index (χ3n) is 5.47. The molecule has 0 saturated carbocycles. The molecule has 5 aromatic rings. The Morgan fingerprint density at radius 2 is 1.20 bits per heavy atom. The van der Waals surface area contributed by atoms with Gasteiger partial charge in [0.1, 0.15) is 12.4 Å². The lowest BCUT2D eigenvalue weighted by Gasteiger charge is -2.21. The summed E-state index contributed by atoms with van der Waals surface area (Å²) in [6.45, 7) is 0.561. The zero-order valence-corrected chi connectivity index (χ0v) is 16.7. The van der Waals surface area contributed by atoms with Gasteiger partial charge < -0.3 is 9.30 Å². The summed E-state index contributed by atoms with van der Waals surface area (Å²) < 4.78 is 8.54. The van der Waals surface area contributed by atoms with Crippen LogP contribution >= 0.6 is 0 Å². The topological polar surface area (TPSA) is 14.2 Å². The van der Waals surface area contributed by atoms with Gasteiger partial charge in [0.25, 0.3) is 0 Å². The molecule has 0 unspecified atom stereocenters. The van der Waals surface area contributed by atoms with Gasteiger partial charge in [-0.3, -0.25) is 0 Å². The zero-order chi connectivity index (χ0) is 20.2. The SMILES string of the molecule is c1ccc(COc2cccc3c2ccn3C(c2ccccc2)c2ccccc2)cc1. The molecule has 0 spiro atoms. The molecule has 0 fully saturated rings. The Hall–Kier alpha value is -3.78. The van der Waals surface area contributed by atoms with Crippen molar-refractivity contribution in [3.63, 3.8) is 0 Å². The van der Waals surface area contributed by atoms with E-state index in [-0.39, 0.29) is 6.04 Å². The number of hydrogen-bond donors (Lipinski definition) is 0. The fourth-order valence-corrected chi connectivity index (χ4v) is 4.03. The first-order chi connectivity index (χ1) is 14.9. The van der Waals surface area contributed by atoms with Crippen LogP contribution in [0.4, 0.5) is 0 Å². The van der Waals surface area contributed by atoms with Crippen LogP contribution in [0.2, 0.25) is 0 Å². The molecule has 0 atom stereocenters. The van der Waals surface area contributed by atoms with Gasteiger partial charge in [-0.15, -0.1) is 0 Å². The van der Waals surface area contributed by atoms with Crippen molar-refractivity contribution in [2.75, 3.05) is 0 Å². The predicted molar refractivity (Wildman–Crippen MR) is 123 cm³/mol. The van der Waals surface area contributed by atoms with Crippen molar-refractivity contribution in [2.24, 2.45) is 0 Å². The fourth-order valence-electron chi connectivity index (χ4n) is 4.03. The summed E-state index contributed by atoms with van der Waals surface area (Å²) in [5.41, 5.74) is 4.85. The van der Waals surface area contributed by atoms with Gasteiger partial charge in [-0.05, 0) is 34.9 Å². The largest absolute Gasteiger partial charge is 0.488 e. The van der Waals surface area contributed by atoms with E-state index in [1.807, 2.05) is 18.2 Å². The summed E-state index contributed by atoms with van der Waals surface area (Å²) in [6.07, 6.45) is 2.17. The molecule has 1 heterocycles. The van der Waals surface area contributed by atoms with Crippen molar-refractivity contribution in [1.82, 2.24) is 4.57 Å². The maximum absolute atomic E-state index is 6.20. The number of rotatable bonds is 6. The molecule has 1 aromatic heterocycles. The molecule has 5 rings (SSSR count). The summed E-state index contributed by atoms with van der Waals surface area (Å²) in [6, 6.07) is 40.2. The van der Waals surface area contributed by atoms with Gasteiger partial charge in [-0.25, -0.2) is 0 Å². The van der Waals surface area contributed by atoms with Crippen molar-refractivity contribution in [3.8, 4) is 5.75 Å². The Balaban J connectivity index is 1.56. The van der Waals surface area contributed by atoms with Crippen LogP contribution in [0.1, 0.15) is 22.7 Å². The van der Waals surface area contributed by atoms with Crippen LogP contribution < -0.4 is 4.74 Å². The van der Waals surface area contributed by atoms with Crippen LogP contribution in [0.3, 0.4) is 0 Å². The Labute approximate surface area is 177 Å². The molecule has 0 aliphatic carbocycles. The molecule has 0 N–H and O–H groups in total. The molecule has 2 nitrogen and oxygen atoms in total. The van der Waals surface area contributed by atoms with Crippen LogP contribution in [-0.4, -0.2) is 4.57 Å². The Morgan fingerprint density at radius 3 is 1.83 bits per heavy atom. The lowest BCUT2D eigenvalue weighted by atomic mass is 9.98. The first kappa shape index (κ1) is 18.3. The minimum atomic E-state index is 0.106. The highest BCUT2D eigenvalue weighted by atomic mass is 16.5. The minimum Gasteiger partial charge on any atom is -0.488 e. The highest BCUT2D eigenvalue weighted by Gasteiger charge is 2.18. The third-order valence-corrected chi connectivity index (χ3v) is 5.47. The summed E-state index contributed by atoms with van der Waals surface area (Å²) in [7, 11) is 0. The Morgan fingerprint density at radius 1 is 0.600 bits per heavy atom. The molecule has 0 aliphatic heterocycles. The average molecular weight is 389 g/mol. The number of aromatic nitrogens is 1. The maximum atomic E-state index is 6.20. The minimum absolute atomic E-state index is 0.106. The number of hydrogen-bond acceptors (Lipinski definition) is 1. The van der Waals surface area contributed by atoms with Crippen molar-refractivity contribution in [2.45, 2.75) is 12.6 Å². The van der Waals surface area contributed by atoms with Gasteiger partial charge in [-0.2, -0.15) is 0 Å². The molecule has 4 aromatic carbocycles. The van der Waals surface area contributed by atoms with Gasteiger partial charge in [0.2, 0.25) is 0 Å². The number of benzene rings is 4. The van der Waals surface area contributed by atoms with E-state index >= 15 is 0 Å². The van der Waals surface area contributed by atoms with E-state index in [4.69, 9.17) is 4.74 Å². The van der Waals surface area contributed by atoms with E-state index in [0.717, 1.165) is 11.1 Å². The van der Waals surface area contributed by atoms with Gasteiger partial charge in [0.15, 0.2) is 0 Å². The summed E-state index contributed by atoms with van der Waals surface area (Å²) in [4.78, 5) is 0. The van der Waals surface area contributed by atoms with Gasteiger partial charge in [0.05, 0.1) is 11.6 Å². The maximum Gasteiger partial charge on any atom is 0.129 e. The molecule has 0 saturated heterocycles. The third kappa shape index (κ3) is 3.60. The average Bonchev–Trinajstić information content (AvgIpc) is 3.24. The van der Waals surface area contributed by atoms with Crippen molar-refractivity contribution in [3.05, 3.63) is 138 Å². The van der Waals surface area contributed by atoms with Crippen LogP contribution in [0.15, 0.2) is 121 Å². The number of ether oxygens (including phenoxy) is 1. The van der Waals surface area contributed by atoms with E-state index in [1.54, 1.807) is 0 Å². The van der Waals surface area contributed by atoms with Crippen molar-refractivity contribution >= 4 is 10.9 Å². The van der Waals surface area contributed by atoms with Crippen LogP contribution in [-0.2, 0) is 6.61 Å². The van der Waals surface area contributed by atoms with E-state index in [0.29, 0.717) is 6.61 Å². The van der Waals surface area contributed by atoms with E-state index in [2.05, 4.69) is 108 Å².